The standard InChI is InChI=1S/C24H27N5O4S/c1-17(22(30)25-14-19-7-8-20-21(13-19)33-16-32-20)34-24-27-26-23(28-9-11-31-12-10-28)29(24)15-18-5-3-2-4-6-18/h2-8,13,17H,9-12,14-16H2,1H3,(H,25,30)/t17-/m0/s1. The summed E-state index contributed by atoms with van der Waals surface area (Å²) >= 11 is 1.41. The summed E-state index contributed by atoms with van der Waals surface area (Å²) < 4.78 is 18.4. The van der Waals surface area contributed by atoms with Crippen molar-refractivity contribution in [3.05, 3.63) is 59.7 Å². The zero-order chi connectivity index (χ0) is 23.3. The smallest absolute Gasteiger partial charge is 0.233 e. The molecular formula is C24H27N5O4S. The van der Waals surface area contributed by atoms with Gasteiger partial charge in [0.2, 0.25) is 18.6 Å². The highest BCUT2D eigenvalue weighted by atomic mass is 32.2. The zero-order valence-electron chi connectivity index (χ0n) is 19.0. The number of carbonyl (C=O) groups excluding carboxylic acids is 1. The molecule has 0 spiro atoms. The molecule has 178 valence electrons. The Kier molecular flexibility index (Phi) is 6.87. The number of hydrogen-bond acceptors (Lipinski definition) is 8. The van der Waals surface area contributed by atoms with E-state index in [1.807, 2.05) is 43.3 Å². The molecule has 1 N–H and O–H groups in total. The van der Waals surface area contributed by atoms with Crippen LogP contribution in [0.15, 0.2) is 53.7 Å². The number of aromatic nitrogens is 3. The van der Waals surface area contributed by atoms with Crippen LogP contribution in [-0.4, -0.2) is 59.0 Å². The molecule has 2 aliphatic rings. The SMILES string of the molecule is C[C@H](Sc1nnc(N2CCOCC2)n1Cc1ccccc1)C(=O)NCc1ccc2c(c1)OCO2. The van der Waals surface area contributed by atoms with E-state index < -0.39 is 0 Å². The largest absolute Gasteiger partial charge is 0.454 e. The predicted molar refractivity (Wildman–Crippen MR) is 128 cm³/mol. The van der Waals surface area contributed by atoms with E-state index in [-0.39, 0.29) is 18.0 Å². The van der Waals surface area contributed by atoms with Crippen molar-refractivity contribution in [1.29, 1.82) is 0 Å². The predicted octanol–water partition coefficient (Wildman–Crippen LogP) is 2.69. The van der Waals surface area contributed by atoms with E-state index in [1.54, 1.807) is 0 Å². The number of amides is 1. The second kappa shape index (κ2) is 10.4. The van der Waals surface area contributed by atoms with Gasteiger partial charge in [0.15, 0.2) is 16.7 Å². The number of hydrogen-bond donors (Lipinski definition) is 1. The number of nitrogens with zero attached hydrogens (tertiary/aromatic N) is 4. The number of ether oxygens (including phenoxy) is 3. The minimum absolute atomic E-state index is 0.0650. The van der Waals surface area contributed by atoms with Crippen LogP contribution in [-0.2, 0) is 22.6 Å². The quantitative estimate of drug-likeness (QED) is 0.491. The van der Waals surface area contributed by atoms with Gasteiger partial charge in [-0.2, -0.15) is 0 Å². The lowest BCUT2D eigenvalue weighted by Crippen LogP contribution is -2.38. The fourth-order valence-corrected chi connectivity index (χ4v) is 4.73. The van der Waals surface area contributed by atoms with Crippen molar-refractivity contribution in [3.8, 4) is 11.5 Å². The molecule has 34 heavy (non-hydrogen) atoms. The van der Waals surface area contributed by atoms with Crippen LogP contribution in [0.1, 0.15) is 18.1 Å². The van der Waals surface area contributed by atoms with Gasteiger partial charge in [0.25, 0.3) is 0 Å². The lowest BCUT2D eigenvalue weighted by molar-refractivity contribution is -0.120. The van der Waals surface area contributed by atoms with Crippen LogP contribution in [0.25, 0.3) is 0 Å². The third-order valence-corrected chi connectivity index (χ3v) is 6.81. The summed E-state index contributed by atoms with van der Waals surface area (Å²) in [6.07, 6.45) is 0. The highest BCUT2D eigenvalue weighted by molar-refractivity contribution is 8.00. The molecule has 1 atom stereocenters. The molecule has 0 bridgehead atoms. The van der Waals surface area contributed by atoms with Gasteiger partial charge in [-0.05, 0) is 30.2 Å². The van der Waals surface area contributed by atoms with Crippen LogP contribution in [0.4, 0.5) is 5.95 Å². The highest BCUT2D eigenvalue weighted by Gasteiger charge is 2.24. The Morgan fingerprint density at radius 1 is 1.06 bits per heavy atom. The van der Waals surface area contributed by atoms with Crippen LogP contribution in [0, 0.1) is 0 Å². The Morgan fingerprint density at radius 3 is 2.68 bits per heavy atom. The van der Waals surface area contributed by atoms with Crippen molar-refractivity contribution >= 4 is 23.6 Å². The lowest BCUT2D eigenvalue weighted by atomic mass is 10.2. The zero-order valence-corrected chi connectivity index (χ0v) is 19.8. The monoisotopic (exact) mass is 481 g/mol. The van der Waals surface area contributed by atoms with Gasteiger partial charge >= 0.3 is 0 Å². The van der Waals surface area contributed by atoms with Crippen LogP contribution in [0.2, 0.25) is 0 Å². The average molecular weight is 482 g/mol. The molecule has 0 radical (unpaired) electrons. The number of anilines is 1. The first-order chi connectivity index (χ1) is 16.7. The van der Waals surface area contributed by atoms with Gasteiger partial charge in [0.1, 0.15) is 0 Å². The van der Waals surface area contributed by atoms with Crippen LogP contribution >= 0.6 is 11.8 Å². The molecule has 2 aromatic carbocycles. The minimum atomic E-state index is -0.342. The molecule has 3 heterocycles. The number of carbonyl (C=O) groups is 1. The molecular weight excluding hydrogens is 454 g/mol. The Labute approximate surface area is 202 Å². The number of fused-ring (bicyclic) bond motifs is 1. The van der Waals surface area contributed by atoms with E-state index in [9.17, 15) is 4.79 Å². The second-order valence-corrected chi connectivity index (χ2v) is 9.43. The molecule has 0 saturated carbocycles. The van der Waals surface area contributed by atoms with E-state index in [4.69, 9.17) is 14.2 Å². The van der Waals surface area contributed by atoms with Gasteiger partial charge in [-0.25, -0.2) is 0 Å². The maximum atomic E-state index is 12.9. The number of nitrogens with one attached hydrogen (secondary N) is 1. The lowest BCUT2D eigenvalue weighted by Gasteiger charge is -2.28. The van der Waals surface area contributed by atoms with E-state index in [0.29, 0.717) is 32.1 Å². The summed E-state index contributed by atoms with van der Waals surface area (Å²) in [6.45, 7) is 6.03. The second-order valence-electron chi connectivity index (χ2n) is 8.12. The first kappa shape index (κ1) is 22.5. The third kappa shape index (κ3) is 5.13. The van der Waals surface area contributed by atoms with Crippen molar-refractivity contribution in [2.45, 2.75) is 30.4 Å². The summed E-state index contributed by atoms with van der Waals surface area (Å²) in [5.41, 5.74) is 2.11. The van der Waals surface area contributed by atoms with Gasteiger partial charge in [0.05, 0.1) is 25.0 Å². The first-order valence-electron chi connectivity index (χ1n) is 11.3. The van der Waals surface area contributed by atoms with Crippen molar-refractivity contribution in [1.82, 2.24) is 20.1 Å². The highest BCUT2D eigenvalue weighted by Crippen LogP contribution is 2.32. The number of morpholine rings is 1. The summed E-state index contributed by atoms with van der Waals surface area (Å²) in [7, 11) is 0. The summed E-state index contributed by atoms with van der Waals surface area (Å²) in [6, 6.07) is 15.9. The Balaban J connectivity index is 1.27. The molecule has 1 saturated heterocycles. The minimum Gasteiger partial charge on any atom is -0.454 e. The molecule has 10 heteroatoms. The number of thioether (sulfide) groups is 1. The molecule has 9 nitrogen and oxygen atoms in total. The molecule has 2 aliphatic heterocycles. The molecule has 1 fully saturated rings. The third-order valence-electron chi connectivity index (χ3n) is 5.73. The van der Waals surface area contributed by atoms with Crippen molar-refractivity contribution < 1.29 is 19.0 Å². The normalized spacial score (nSPS) is 15.9. The first-order valence-corrected chi connectivity index (χ1v) is 12.2. The van der Waals surface area contributed by atoms with E-state index in [1.165, 1.54) is 11.8 Å². The van der Waals surface area contributed by atoms with E-state index in [2.05, 4.69) is 37.1 Å². The number of rotatable bonds is 8. The summed E-state index contributed by atoms with van der Waals surface area (Å²) in [5, 5.41) is 12.3. The maximum Gasteiger partial charge on any atom is 0.233 e. The molecule has 5 rings (SSSR count). The van der Waals surface area contributed by atoms with Crippen LogP contribution in [0.5, 0.6) is 11.5 Å². The fraction of sp³-hybridized carbons (Fsp3) is 0.375. The Morgan fingerprint density at radius 2 is 1.85 bits per heavy atom. The molecule has 1 aromatic heterocycles. The van der Waals surface area contributed by atoms with Gasteiger partial charge in [-0.1, -0.05) is 48.2 Å². The van der Waals surface area contributed by atoms with Gasteiger partial charge in [-0.3, -0.25) is 9.36 Å². The van der Waals surface area contributed by atoms with Gasteiger partial charge in [0, 0.05) is 19.6 Å². The molecule has 0 aliphatic carbocycles. The van der Waals surface area contributed by atoms with Crippen molar-refractivity contribution in [2.75, 3.05) is 38.0 Å². The van der Waals surface area contributed by atoms with E-state index in [0.717, 1.165) is 41.1 Å². The van der Waals surface area contributed by atoms with E-state index >= 15 is 0 Å². The summed E-state index contributed by atoms with van der Waals surface area (Å²) in [5.74, 6) is 2.18. The van der Waals surface area contributed by atoms with Gasteiger partial charge < -0.3 is 24.4 Å². The summed E-state index contributed by atoms with van der Waals surface area (Å²) in [4.78, 5) is 15.0. The Bertz CT molecular complexity index is 1130. The molecule has 3 aromatic rings. The van der Waals surface area contributed by atoms with Crippen molar-refractivity contribution in [3.63, 3.8) is 0 Å². The maximum absolute atomic E-state index is 12.9. The number of benzene rings is 2. The van der Waals surface area contributed by atoms with Gasteiger partial charge in [-0.15, -0.1) is 10.2 Å². The molecule has 1 amide bonds. The van der Waals surface area contributed by atoms with Crippen LogP contribution in [0.3, 0.4) is 0 Å². The Hall–Kier alpha value is -3.24. The van der Waals surface area contributed by atoms with Crippen LogP contribution < -0.4 is 19.7 Å². The molecule has 0 unspecified atom stereocenters. The topological polar surface area (TPSA) is 90.7 Å². The average Bonchev–Trinajstić information content (AvgIpc) is 3.50. The van der Waals surface area contributed by atoms with Crippen molar-refractivity contribution in [2.24, 2.45) is 0 Å². The fourth-order valence-electron chi connectivity index (χ4n) is 3.87.